The molecule has 1 aromatic carbocycles. The van der Waals surface area contributed by atoms with Crippen LogP contribution in [0.25, 0.3) is 28.5 Å². The number of benzene rings is 1. The van der Waals surface area contributed by atoms with Crippen LogP contribution in [0.3, 0.4) is 0 Å². The number of fused-ring (bicyclic) bond motifs is 1. The second-order valence-electron chi connectivity index (χ2n) is 7.65. The van der Waals surface area contributed by atoms with Crippen molar-refractivity contribution >= 4 is 17.2 Å². The summed E-state index contributed by atoms with van der Waals surface area (Å²) in [5.41, 5.74) is 1.43. The van der Waals surface area contributed by atoms with Crippen LogP contribution in [0.2, 0.25) is 5.02 Å². The van der Waals surface area contributed by atoms with Crippen LogP contribution < -0.4 is 0 Å². The Morgan fingerprint density at radius 3 is 2.44 bits per heavy atom. The predicted molar refractivity (Wildman–Crippen MR) is 117 cm³/mol. The summed E-state index contributed by atoms with van der Waals surface area (Å²) in [7, 11) is 0. The number of rotatable bonds is 5. The van der Waals surface area contributed by atoms with E-state index in [0.29, 0.717) is 29.4 Å². The summed E-state index contributed by atoms with van der Waals surface area (Å²) in [6.45, 7) is 4.12. The van der Waals surface area contributed by atoms with Crippen molar-refractivity contribution in [3.8, 4) is 22.8 Å². The van der Waals surface area contributed by atoms with Gasteiger partial charge in [0.05, 0.1) is 22.1 Å². The van der Waals surface area contributed by atoms with Crippen LogP contribution in [-0.2, 0) is 19.1 Å². The van der Waals surface area contributed by atoms with Crippen molar-refractivity contribution < 1.29 is 17.6 Å². The predicted octanol–water partition coefficient (Wildman–Crippen LogP) is 5.17. The summed E-state index contributed by atoms with van der Waals surface area (Å²) in [6, 6.07) is 11.0. The Labute approximate surface area is 196 Å². The zero-order valence-electron chi connectivity index (χ0n) is 18.0. The third-order valence-electron chi connectivity index (χ3n) is 5.30. The quantitative estimate of drug-likeness (QED) is 0.340. The molecule has 0 saturated heterocycles. The second-order valence-corrected chi connectivity index (χ2v) is 8.03. The van der Waals surface area contributed by atoms with Crippen molar-refractivity contribution in [2.45, 2.75) is 33.0 Å². The van der Waals surface area contributed by atoms with Gasteiger partial charge < -0.3 is 4.42 Å². The van der Waals surface area contributed by atoms with Crippen LogP contribution in [-0.4, -0.2) is 34.6 Å². The van der Waals surface area contributed by atoms with E-state index in [4.69, 9.17) is 16.0 Å². The lowest BCUT2D eigenvalue weighted by molar-refractivity contribution is -0.142. The van der Waals surface area contributed by atoms with Crippen LogP contribution >= 0.6 is 11.6 Å². The molecule has 0 bridgehead atoms. The number of aryl methyl sites for hydroxylation is 3. The van der Waals surface area contributed by atoms with Gasteiger partial charge >= 0.3 is 6.18 Å². The number of nitrogens with zero attached hydrogens (tertiary/aromatic N) is 7. The lowest BCUT2D eigenvalue weighted by Gasteiger charge is -2.10. The fourth-order valence-corrected chi connectivity index (χ4v) is 3.73. The largest absolute Gasteiger partial charge is 0.433 e. The minimum Gasteiger partial charge on any atom is -0.419 e. The van der Waals surface area contributed by atoms with E-state index in [2.05, 4.69) is 25.4 Å². The second kappa shape index (κ2) is 8.24. The van der Waals surface area contributed by atoms with Gasteiger partial charge in [0, 0.05) is 24.6 Å². The average molecular weight is 488 g/mol. The molecule has 0 spiro atoms. The first kappa shape index (κ1) is 22.1. The molecule has 0 amide bonds. The number of halogens is 4. The highest BCUT2D eigenvalue weighted by Gasteiger charge is 2.35. The Hall–Kier alpha value is -3.73. The van der Waals surface area contributed by atoms with E-state index < -0.39 is 11.9 Å². The topological polar surface area (TPSA) is 86.9 Å². The van der Waals surface area contributed by atoms with E-state index in [1.54, 1.807) is 35.0 Å². The van der Waals surface area contributed by atoms with Gasteiger partial charge in [-0.05, 0) is 19.9 Å². The van der Waals surface area contributed by atoms with Crippen LogP contribution in [0.5, 0.6) is 0 Å². The molecular weight excluding hydrogens is 471 g/mol. The summed E-state index contributed by atoms with van der Waals surface area (Å²) >= 11 is 6.17. The molecule has 8 nitrogen and oxygen atoms in total. The van der Waals surface area contributed by atoms with E-state index in [1.807, 2.05) is 13.8 Å². The highest BCUT2D eigenvalue weighted by molar-refractivity contribution is 6.31. The number of hydrogen-bond donors (Lipinski definition) is 0. The Morgan fingerprint density at radius 2 is 1.76 bits per heavy atom. The molecule has 0 saturated carbocycles. The molecule has 0 N–H and O–H groups in total. The lowest BCUT2D eigenvalue weighted by atomic mass is 10.1. The molecule has 34 heavy (non-hydrogen) atoms. The molecule has 0 aliphatic carbocycles. The third-order valence-corrected chi connectivity index (χ3v) is 5.85. The van der Waals surface area contributed by atoms with Gasteiger partial charge in [-0.3, -0.25) is 4.68 Å². The van der Waals surface area contributed by atoms with Crippen molar-refractivity contribution in [2.75, 3.05) is 0 Å². The SMILES string of the molecule is Cc1nn(CCc2nnc(-c3cc4nc(-c5ccccc5)cc(C(F)(F)F)n4n3)o2)c(C)c1Cl. The maximum atomic E-state index is 13.8. The number of alkyl halides is 3. The van der Waals surface area contributed by atoms with Gasteiger partial charge in [0.25, 0.3) is 5.89 Å². The van der Waals surface area contributed by atoms with Crippen LogP contribution in [0.1, 0.15) is 23.0 Å². The molecule has 0 aliphatic heterocycles. The monoisotopic (exact) mass is 487 g/mol. The Morgan fingerprint density at radius 1 is 1.00 bits per heavy atom. The molecule has 0 fully saturated rings. The van der Waals surface area contributed by atoms with Gasteiger partial charge in [-0.1, -0.05) is 41.9 Å². The molecule has 0 radical (unpaired) electrons. The Bertz CT molecular complexity index is 1490. The zero-order chi connectivity index (χ0) is 24.0. The van der Waals surface area contributed by atoms with Crippen LogP contribution in [0.4, 0.5) is 13.2 Å². The van der Waals surface area contributed by atoms with Crippen molar-refractivity contribution in [1.29, 1.82) is 0 Å². The van der Waals surface area contributed by atoms with Gasteiger partial charge in [-0.25, -0.2) is 9.50 Å². The molecule has 12 heteroatoms. The van der Waals surface area contributed by atoms with Crippen LogP contribution in [0.15, 0.2) is 46.9 Å². The Balaban J connectivity index is 1.47. The summed E-state index contributed by atoms with van der Waals surface area (Å²) in [6.07, 6.45) is -4.28. The van der Waals surface area contributed by atoms with Gasteiger partial charge in [-0.15, -0.1) is 10.2 Å². The molecular formula is C22H17ClF3N7O. The Kier molecular flexibility index (Phi) is 5.35. The standard InChI is InChI=1S/C22H17ClF3N7O/c1-12-20(23)13(2)32(30-12)9-8-19-28-29-21(34-19)16-11-18-27-15(14-6-4-3-5-7-14)10-17(22(24,25)26)33(18)31-16/h3-7,10-11H,8-9H2,1-2H3. The smallest absolute Gasteiger partial charge is 0.419 e. The van der Waals surface area contributed by atoms with Gasteiger partial charge in [0.2, 0.25) is 5.89 Å². The summed E-state index contributed by atoms with van der Waals surface area (Å²) in [5.74, 6) is 0.297. The molecule has 0 aliphatic rings. The normalized spacial score (nSPS) is 12.1. The molecule has 174 valence electrons. The van der Waals surface area contributed by atoms with E-state index in [9.17, 15) is 13.2 Å². The minimum absolute atomic E-state index is 0.00119. The highest BCUT2D eigenvalue weighted by Crippen LogP contribution is 2.33. The maximum Gasteiger partial charge on any atom is 0.433 e. The number of hydrogen-bond acceptors (Lipinski definition) is 6. The fraction of sp³-hybridized carbons (Fsp3) is 0.227. The first-order valence-corrected chi connectivity index (χ1v) is 10.6. The minimum atomic E-state index is -4.64. The summed E-state index contributed by atoms with van der Waals surface area (Å²) < 4.78 is 49.5. The van der Waals surface area contributed by atoms with Crippen LogP contribution in [0, 0.1) is 13.8 Å². The van der Waals surface area contributed by atoms with E-state index in [0.717, 1.165) is 22.0 Å². The molecule has 5 rings (SSSR count). The maximum absolute atomic E-state index is 13.8. The highest BCUT2D eigenvalue weighted by atomic mass is 35.5. The molecule has 5 aromatic rings. The average Bonchev–Trinajstić information content (AvgIpc) is 3.51. The fourth-order valence-electron chi connectivity index (χ4n) is 3.59. The lowest BCUT2D eigenvalue weighted by Crippen LogP contribution is -2.13. The summed E-state index contributed by atoms with van der Waals surface area (Å²) in [4.78, 5) is 4.36. The zero-order valence-corrected chi connectivity index (χ0v) is 18.8. The molecule has 4 aromatic heterocycles. The van der Waals surface area contributed by atoms with Crippen molar-refractivity contribution in [3.05, 3.63) is 70.5 Å². The number of aromatic nitrogens is 7. The van der Waals surface area contributed by atoms with Gasteiger partial charge in [-0.2, -0.15) is 23.4 Å². The first-order chi connectivity index (χ1) is 16.2. The molecule has 4 heterocycles. The molecule has 0 unspecified atom stereocenters. The van der Waals surface area contributed by atoms with Gasteiger partial charge in [0.15, 0.2) is 17.0 Å². The van der Waals surface area contributed by atoms with E-state index in [1.165, 1.54) is 6.07 Å². The van der Waals surface area contributed by atoms with Crippen molar-refractivity contribution in [2.24, 2.45) is 0 Å². The first-order valence-electron chi connectivity index (χ1n) is 10.3. The van der Waals surface area contributed by atoms with Gasteiger partial charge in [0.1, 0.15) is 0 Å². The van der Waals surface area contributed by atoms with Crippen molar-refractivity contribution in [1.82, 2.24) is 34.6 Å². The molecule has 0 atom stereocenters. The van der Waals surface area contributed by atoms with E-state index in [-0.39, 0.29) is 22.9 Å². The third kappa shape index (κ3) is 4.03. The van der Waals surface area contributed by atoms with Crippen molar-refractivity contribution in [3.63, 3.8) is 0 Å². The van der Waals surface area contributed by atoms with E-state index >= 15 is 0 Å². The summed E-state index contributed by atoms with van der Waals surface area (Å²) in [5, 5.41) is 16.9.